The fourth-order valence-electron chi connectivity index (χ4n) is 3.32. The van der Waals surface area contributed by atoms with E-state index in [9.17, 15) is 33.9 Å². The molecule has 0 aromatic heterocycles. The van der Waals surface area contributed by atoms with Crippen molar-refractivity contribution in [3.05, 3.63) is 35.9 Å². The van der Waals surface area contributed by atoms with Gasteiger partial charge in [0.25, 0.3) is 0 Å². The van der Waals surface area contributed by atoms with Gasteiger partial charge in [-0.1, -0.05) is 30.3 Å². The first-order valence-corrected chi connectivity index (χ1v) is 13.2. The third-order valence-electron chi connectivity index (χ3n) is 5.43. The summed E-state index contributed by atoms with van der Waals surface area (Å²) in [6.07, 6.45) is 0.362. The van der Waals surface area contributed by atoms with Crippen molar-refractivity contribution in [2.24, 2.45) is 5.73 Å². The molecule has 0 saturated carbocycles. The number of aliphatic carboxylic acids is 3. The van der Waals surface area contributed by atoms with Crippen molar-refractivity contribution < 1.29 is 44.1 Å². The van der Waals surface area contributed by atoms with Gasteiger partial charge in [0.2, 0.25) is 17.7 Å². The van der Waals surface area contributed by atoms with E-state index in [1.54, 1.807) is 30.3 Å². The number of carbonyl (C=O) groups excluding carboxylic acids is 3. The zero-order chi connectivity index (χ0) is 28.7. The second-order valence-corrected chi connectivity index (χ2v) is 9.45. The Hall–Kier alpha value is -3.65. The van der Waals surface area contributed by atoms with Crippen molar-refractivity contribution in [3.8, 4) is 0 Å². The van der Waals surface area contributed by atoms with E-state index in [-0.39, 0.29) is 19.3 Å². The van der Waals surface area contributed by atoms with E-state index >= 15 is 0 Å². The quantitative estimate of drug-likeness (QED) is 0.123. The van der Waals surface area contributed by atoms with Crippen molar-refractivity contribution in [3.63, 3.8) is 0 Å². The van der Waals surface area contributed by atoms with Crippen LogP contribution in [0.2, 0.25) is 0 Å². The van der Waals surface area contributed by atoms with E-state index in [1.165, 1.54) is 11.8 Å². The predicted molar refractivity (Wildman–Crippen MR) is 138 cm³/mol. The molecule has 1 aromatic rings. The van der Waals surface area contributed by atoms with E-state index in [0.29, 0.717) is 17.7 Å². The Bertz CT molecular complexity index is 977. The number of hydrogen-bond donors (Lipinski definition) is 7. The lowest BCUT2D eigenvalue weighted by atomic mass is 10.0. The van der Waals surface area contributed by atoms with E-state index in [1.807, 2.05) is 6.26 Å². The summed E-state index contributed by atoms with van der Waals surface area (Å²) in [5.41, 5.74) is 6.45. The smallest absolute Gasteiger partial charge is 0.326 e. The molecular weight excluding hydrogens is 520 g/mol. The van der Waals surface area contributed by atoms with Crippen LogP contribution in [0, 0.1) is 0 Å². The van der Waals surface area contributed by atoms with Gasteiger partial charge in [0.1, 0.15) is 18.1 Å². The summed E-state index contributed by atoms with van der Waals surface area (Å²) in [5, 5.41) is 34.7. The van der Waals surface area contributed by atoms with Crippen LogP contribution in [0.4, 0.5) is 0 Å². The maximum atomic E-state index is 13.0. The maximum Gasteiger partial charge on any atom is 0.326 e. The summed E-state index contributed by atoms with van der Waals surface area (Å²) in [6, 6.07) is 3.31. The van der Waals surface area contributed by atoms with Gasteiger partial charge in [-0.2, -0.15) is 11.8 Å². The van der Waals surface area contributed by atoms with Crippen LogP contribution in [-0.4, -0.2) is 87.1 Å². The molecule has 38 heavy (non-hydrogen) atoms. The predicted octanol–water partition coefficient (Wildman–Crippen LogP) is -0.422. The molecule has 0 fully saturated rings. The van der Waals surface area contributed by atoms with Gasteiger partial charge < -0.3 is 37.0 Å². The van der Waals surface area contributed by atoms with Crippen LogP contribution in [-0.2, 0) is 35.2 Å². The van der Waals surface area contributed by atoms with Crippen LogP contribution in [0.3, 0.4) is 0 Å². The molecule has 210 valence electrons. The zero-order valence-corrected chi connectivity index (χ0v) is 21.7. The number of carbonyl (C=O) groups is 6. The summed E-state index contributed by atoms with van der Waals surface area (Å²) in [7, 11) is 0. The number of nitrogens with two attached hydrogens (primary N) is 1. The molecule has 0 saturated heterocycles. The second-order valence-electron chi connectivity index (χ2n) is 8.46. The summed E-state index contributed by atoms with van der Waals surface area (Å²) < 4.78 is 0. The average molecular weight is 555 g/mol. The molecule has 4 unspecified atom stereocenters. The van der Waals surface area contributed by atoms with Gasteiger partial charge in [0.05, 0.1) is 6.04 Å². The minimum atomic E-state index is -1.47. The Balaban J connectivity index is 3.04. The Morgan fingerprint density at radius 3 is 1.68 bits per heavy atom. The molecule has 3 amide bonds. The first-order valence-electron chi connectivity index (χ1n) is 11.8. The molecule has 0 heterocycles. The number of thioether (sulfide) groups is 1. The van der Waals surface area contributed by atoms with Crippen molar-refractivity contribution in [1.29, 1.82) is 0 Å². The van der Waals surface area contributed by atoms with Crippen LogP contribution < -0.4 is 21.7 Å². The highest BCUT2D eigenvalue weighted by atomic mass is 32.2. The van der Waals surface area contributed by atoms with Crippen LogP contribution in [0.15, 0.2) is 30.3 Å². The minimum Gasteiger partial charge on any atom is -0.481 e. The molecule has 0 radical (unpaired) electrons. The Labute approximate surface area is 223 Å². The molecule has 1 aromatic carbocycles. The number of hydrogen-bond acceptors (Lipinski definition) is 8. The third-order valence-corrected chi connectivity index (χ3v) is 6.07. The van der Waals surface area contributed by atoms with Crippen molar-refractivity contribution in [1.82, 2.24) is 16.0 Å². The molecule has 0 bridgehead atoms. The van der Waals surface area contributed by atoms with Gasteiger partial charge in [0, 0.05) is 19.3 Å². The molecule has 0 aliphatic rings. The normalized spacial score (nSPS) is 13.8. The Kier molecular flexibility index (Phi) is 14.5. The standard InChI is InChI=1S/C24H34N4O9S/c1-38-12-11-15(25)21(33)26-16(7-9-19(29)30)22(34)27-17(8-10-20(31)32)23(35)28-18(24(36)37)13-14-5-3-2-4-6-14/h2-6,15-18H,7-13,25H2,1H3,(H,26,33)(H,27,34)(H,28,35)(H,29,30)(H,31,32)(H,36,37). The third kappa shape index (κ3) is 12.5. The first kappa shape index (κ1) is 32.4. The molecule has 0 spiro atoms. The topological polar surface area (TPSA) is 225 Å². The van der Waals surface area contributed by atoms with E-state index in [2.05, 4.69) is 16.0 Å². The monoisotopic (exact) mass is 554 g/mol. The van der Waals surface area contributed by atoms with Crippen molar-refractivity contribution in [2.45, 2.75) is 62.7 Å². The number of carboxylic acids is 3. The number of rotatable bonds is 18. The lowest BCUT2D eigenvalue weighted by molar-refractivity contribution is -0.143. The maximum absolute atomic E-state index is 13.0. The van der Waals surface area contributed by atoms with Crippen LogP contribution in [0.1, 0.15) is 37.7 Å². The van der Waals surface area contributed by atoms with Crippen molar-refractivity contribution in [2.75, 3.05) is 12.0 Å². The van der Waals surface area contributed by atoms with Crippen LogP contribution >= 0.6 is 11.8 Å². The fraction of sp³-hybridized carbons (Fsp3) is 0.500. The number of amides is 3. The van der Waals surface area contributed by atoms with E-state index in [4.69, 9.17) is 15.9 Å². The zero-order valence-electron chi connectivity index (χ0n) is 20.9. The highest BCUT2D eigenvalue weighted by Gasteiger charge is 2.31. The van der Waals surface area contributed by atoms with Crippen molar-refractivity contribution >= 4 is 47.4 Å². The van der Waals surface area contributed by atoms with Gasteiger partial charge in [-0.3, -0.25) is 24.0 Å². The summed E-state index contributed by atoms with van der Waals surface area (Å²) in [5.74, 6) is -5.81. The van der Waals surface area contributed by atoms with Crippen LogP contribution in [0.5, 0.6) is 0 Å². The second kappa shape index (κ2) is 17.0. The summed E-state index contributed by atoms with van der Waals surface area (Å²) >= 11 is 1.46. The Morgan fingerprint density at radius 2 is 1.24 bits per heavy atom. The van der Waals surface area contributed by atoms with Gasteiger partial charge in [-0.25, -0.2) is 4.79 Å². The molecule has 0 aliphatic heterocycles. The molecule has 4 atom stereocenters. The van der Waals surface area contributed by atoms with Gasteiger partial charge >= 0.3 is 17.9 Å². The fourth-order valence-corrected chi connectivity index (χ4v) is 3.81. The molecular formula is C24H34N4O9S. The molecule has 1 rings (SSSR count). The van der Waals surface area contributed by atoms with E-state index < -0.39 is 72.6 Å². The summed E-state index contributed by atoms with van der Waals surface area (Å²) in [6.45, 7) is 0. The Morgan fingerprint density at radius 1 is 0.763 bits per heavy atom. The lowest BCUT2D eigenvalue weighted by Crippen LogP contribution is -2.57. The highest BCUT2D eigenvalue weighted by molar-refractivity contribution is 7.98. The number of carboxylic acid groups (broad SMARTS) is 3. The first-order chi connectivity index (χ1) is 17.9. The number of nitrogens with one attached hydrogen (secondary N) is 3. The highest BCUT2D eigenvalue weighted by Crippen LogP contribution is 2.08. The molecule has 13 nitrogen and oxygen atoms in total. The minimum absolute atomic E-state index is 0.0628. The SMILES string of the molecule is CSCCC(N)C(=O)NC(CCC(=O)O)C(=O)NC(CCC(=O)O)C(=O)NC(Cc1ccccc1)C(=O)O. The molecule has 8 N–H and O–H groups in total. The molecule has 14 heteroatoms. The summed E-state index contributed by atoms with van der Waals surface area (Å²) in [4.78, 5) is 72.3. The largest absolute Gasteiger partial charge is 0.481 e. The van der Waals surface area contributed by atoms with E-state index in [0.717, 1.165) is 0 Å². The van der Waals surface area contributed by atoms with Gasteiger partial charge in [0.15, 0.2) is 0 Å². The molecule has 0 aliphatic carbocycles. The lowest BCUT2D eigenvalue weighted by Gasteiger charge is -2.25. The number of benzene rings is 1. The van der Waals surface area contributed by atoms with Gasteiger partial charge in [-0.15, -0.1) is 0 Å². The average Bonchev–Trinajstić information content (AvgIpc) is 2.86. The van der Waals surface area contributed by atoms with Gasteiger partial charge in [-0.05, 0) is 36.8 Å². The van der Waals surface area contributed by atoms with Crippen LogP contribution in [0.25, 0.3) is 0 Å².